The first kappa shape index (κ1) is 16.4. The molecular formula is C17H20N4O3S. The number of hydrogen-bond acceptors (Lipinski definition) is 8. The first-order valence-electron chi connectivity index (χ1n) is 8.28. The third-order valence-electron chi connectivity index (χ3n) is 4.50. The Labute approximate surface area is 149 Å². The number of rotatable bonds is 5. The van der Waals surface area contributed by atoms with Gasteiger partial charge in [0.05, 0.1) is 36.4 Å². The van der Waals surface area contributed by atoms with Crippen molar-refractivity contribution in [3.8, 4) is 0 Å². The molecule has 2 atom stereocenters. The van der Waals surface area contributed by atoms with Crippen molar-refractivity contribution in [3.63, 3.8) is 0 Å². The van der Waals surface area contributed by atoms with Gasteiger partial charge in [-0.1, -0.05) is 5.16 Å². The summed E-state index contributed by atoms with van der Waals surface area (Å²) in [5.41, 5.74) is 1.90. The van der Waals surface area contributed by atoms with E-state index in [1.807, 2.05) is 25.3 Å². The highest BCUT2D eigenvalue weighted by molar-refractivity contribution is 7.16. The Morgan fingerprint density at radius 2 is 2.28 bits per heavy atom. The maximum absolute atomic E-state index is 6.18. The first-order chi connectivity index (χ1) is 12.2. The molecular weight excluding hydrogens is 340 g/mol. The third kappa shape index (κ3) is 3.37. The quantitative estimate of drug-likeness (QED) is 0.748. The van der Waals surface area contributed by atoms with Crippen LogP contribution in [0.1, 0.15) is 23.4 Å². The molecule has 1 N–H and O–H groups in total. The average Bonchev–Trinajstić information content (AvgIpc) is 3.22. The molecule has 0 saturated carbocycles. The van der Waals surface area contributed by atoms with Crippen molar-refractivity contribution in [1.82, 2.24) is 15.1 Å². The van der Waals surface area contributed by atoms with E-state index in [1.54, 1.807) is 17.7 Å². The van der Waals surface area contributed by atoms with E-state index in [0.717, 1.165) is 39.5 Å². The van der Waals surface area contributed by atoms with Crippen molar-refractivity contribution in [2.75, 3.05) is 18.5 Å². The minimum absolute atomic E-state index is 0.0334. The van der Waals surface area contributed by atoms with E-state index >= 15 is 0 Å². The van der Waals surface area contributed by atoms with Gasteiger partial charge in [-0.2, -0.15) is 0 Å². The number of nitrogens with zero attached hydrogens (tertiary/aromatic N) is 3. The fourth-order valence-electron chi connectivity index (χ4n) is 3.03. The predicted molar refractivity (Wildman–Crippen MR) is 94.8 cm³/mol. The summed E-state index contributed by atoms with van der Waals surface area (Å²) in [7, 11) is 0. The van der Waals surface area contributed by atoms with Crippen molar-refractivity contribution in [2.24, 2.45) is 0 Å². The summed E-state index contributed by atoms with van der Waals surface area (Å²) >= 11 is 1.61. The van der Waals surface area contributed by atoms with E-state index in [0.29, 0.717) is 19.8 Å². The van der Waals surface area contributed by atoms with Crippen LogP contribution >= 0.6 is 11.3 Å². The van der Waals surface area contributed by atoms with Gasteiger partial charge in [-0.25, -0.2) is 9.97 Å². The van der Waals surface area contributed by atoms with Gasteiger partial charge in [0.15, 0.2) is 0 Å². The Hall–Kier alpha value is -2.03. The number of anilines is 1. The Morgan fingerprint density at radius 3 is 3.12 bits per heavy atom. The summed E-state index contributed by atoms with van der Waals surface area (Å²) in [6.45, 7) is 5.61. The average molecular weight is 360 g/mol. The van der Waals surface area contributed by atoms with Gasteiger partial charge < -0.3 is 19.3 Å². The van der Waals surface area contributed by atoms with Crippen LogP contribution in [0.3, 0.4) is 0 Å². The van der Waals surface area contributed by atoms with Crippen molar-refractivity contribution in [1.29, 1.82) is 0 Å². The molecule has 3 aromatic rings. The molecule has 0 bridgehead atoms. The van der Waals surface area contributed by atoms with Gasteiger partial charge in [-0.05, 0) is 31.7 Å². The van der Waals surface area contributed by atoms with Crippen LogP contribution in [0.2, 0.25) is 0 Å². The van der Waals surface area contributed by atoms with E-state index in [4.69, 9.17) is 14.0 Å². The molecule has 0 aliphatic carbocycles. The van der Waals surface area contributed by atoms with Gasteiger partial charge in [-0.3, -0.25) is 0 Å². The van der Waals surface area contributed by atoms with Crippen LogP contribution in [0.25, 0.3) is 10.2 Å². The zero-order chi connectivity index (χ0) is 17.2. The van der Waals surface area contributed by atoms with Crippen LogP contribution in [-0.4, -0.2) is 40.5 Å². The molecule has 1 saturated heterocycles. The van der Waals surface area contributed by atoms with E-state index in [9.17, 15) is 0 Å². The molecule has 0 spiro atoms. The minimum Gasteiger partial charge on any atom is -0.379 e. The van der Waals surface area contributed by atoms with Gasteiger partial charge in [0.1, 0.15) is 22.7 Å². The highest BCUT2D eigenvalue weighted by atomic mass is 32.1. The standard InChI is InChI=1S/C17H20N4O3S/c1-10-13(11(2)24-21-10)7-23-15-3-5-22-8-14(15)20-16-12-4-6-25-17(12)19-9-18-16/h4,6,9,14-15H,3,5,7-8H2,1-2H3,(H,18,19,20)/t14-,15+/m0/s1. The van der Waals surface area contributed by atoms with Crippen LogP contribution in [0.4, 0.5) is 5.82 Å². The summed E-state index contributed by atoms with van der Waals surface area (Å²) in [5.74, 6) is 1.64. The summed E-state index contributed by atoms with van der Waals surface area (Å²) in [5, 5.41) is 10.5. The second-order valence-corrected chi connectivity index (χ2v) is 7.02. The lowest BCUT2D eigenvalue weighted by Gasteiger charge is -2.32. The van der Waals surface area contributed by atoms with Crippen molar-refractivity contribution in [3.05, 3.63) is 34.8 Å². The normalized spacial score (nSPS) is 20.9. The molecule has 25 heavy (non-hydrogen) atoms. The lowest BCUT2D eigenvalue weighted by atomic mass is 10.1. The zero-order valence-corrected chi connectivity index (χ0v) is 15.0. The number of hydrogen-bond donors (Lipinski definition) is 1. The summed E-state index contributed by atoms with van der Waals surface area (Å²) in [4.78, 5) is 9.66. The van der Waals surface area contributed by atoms with Crippen LogP contribution in [0.15, 0.2) is 22.3 Å². The molecule has 1 aliphatic rings. The molecule has 0 amide bonds. The fourth-order valence-corrected chi connectivity index (χ4v) is 3.76. The Kier molecular flexibility index (Phi) is 4.65. The van der Waals surface area contributed by atoms with Crippen LogP contribution in [-0.2, 0) is 16.1 Å². The van der Waals surface area contributed by atoms with Gasteiger partial charge >= 0.3 is 0 Å². The van der Waals surface area contributed by atoms with Crippen molar-refractivity contribution in [2.45, 2.75) is 39.0 Å². The van der Waals surface area contributed by atoms with Gasteiger partial charge in [0, 0.05) is 12.2 Å². The topological polar surface area (TPSA) is 82.3 Å². The second-order valence-electron chi connectivity index (χ2n) is 6.13. The summed E-state index contributed by atoms with van der Waals surface area (Å²) in [6, 6.07) is 2.07. The number of nitrogens with one attached hydrogen (secondary N) is 1. The largest absolute Gasteiger partial charge is 0.379 e. The van der Waals surface area contributed by atoms with Crippen molar-refractivity contribution < 1.29 is 14.0 Å². The Morgan fingerprint density at radius 1 is 1.36 bits per heavy atom. The second kappa shape index (κ2) is 7.07. The number of aryl methyl sites for hydroxylation is 2. The number of thiophene rings is 1. The third-order valence-corrected chi connectivity index (χ3v) is 5.32. The lowest BCUT2D eigenvalue weighted by Crippen LogP contribution is -2.44. The van der Waals surface area contributed by atoms with Crippen LogP contribution in [0, 0.1) is 13.8 Å². The number of fused-ring (bicyclic) bond motifs is 1. The molecule has 1 aliphatic heterocycles. The zero-order valence-electron chi connectivity index (χ0n) is 14.2. The summed E-state index contributed by atoms with van der Waals surface area (Å²) < 4.78 is 17.0. The molecule has 3 aromatic heterocycles. The molecule has 0 aromatic carbocycles. The van der Waals surface area contributed by atoms with E-state index in [1.165, 1.54) is 0 Å². The highest BCUT2D eigenvalue weighted by Crippen LogP contribution is 2.26. The van der Waals surface area contributed by atoms with Gasteiger partial charge in [-0.15, -0.1) is 11.3 Å². The first-order valence-corrected chi connectivity index (χ1v) is 9.16. The summed E-state index contributed by atoms with van der Waals surface area (Å²) in [6.07, 6.45) is 2.45. The number of aromatic nitrogens is 3. The number of ether oxygens (including phenoxy) is 2. The molecule has 4 rings (SSSR count). The van der Waals surface area contributed by atoms with Gasteiger partial charge in [0.25, 0.3) is 0 Å². The van der Waals surface area contributed by atoms with E-state index < -0.39 is 0 Å². The maximum atomic E-state index is 6.18. The SMILES string of the molecule is Cc1noc(C)c1CO[C@@H]1CCOC[C@@H]1Nc1ncnc2sccc12. The molecule has 1 fully saturated rings. The Bertz CT molecular complexity index is 843. The molecule has 0 unspecified atom stereocenters. The molecule has 4 heterocycles. The Balaban J connectivity index is 1.48. The van der Waals surface area contributed by atoms with Crippen LogP contribution < -0.4 is 5.32 Å². The monoisotopic (exact) mass is 360 g/mol. The van der Waals surface area contributed by atoms with E-state index in [-0.39, 0.29) is 12.1 Å². The molecule has 132 valence electrons. The highest BCUT2D eigenvalue weighted by Gasteiger charge is 2.28. The molecule has 7 nitrogen and oxygen atoms in total. The van der Waals surface area contributed by atoms with Crippen molar-refractivity contribution >= 4 is 27.4 Å². The lowest BCUT2D eigenvalue weighted by molar-refractivity contribution is -0.0481. The fraction of sp³-hybridized carbons (Fsp3) is 0.471. The molecule has 0 radical (unpaired) electrons. The smallest absolute Gasteiger partial charge is 0.139 e. The van der Waals surface area contributed by atoms with Crippen LogP contribution in [0.5, 0.6) is 0 Å². The minimum atomic E-state index is 0.0334. The molecule has 8 heteroatoms. The van der Waals surface area contributed by atoms with Gasteiger partial charge in [0.2, 0.25) is 0 Å². The maximum Gasteiger partial charge on any atom is 0.139 e. The predicted octanol–water partition coefficient (Wildman–Crippen LogP) is 3.08. The van der Waals surface area contributed by atoms with E-state index in [2.05, 4.69) is 20.4 Å².